The molecule has 0 aromatic rings. The predicted molar refractivity (Wildman–Crippen MR) is 56.1 cm³/mol. The monoisotopic (exact) mass is 199 g/mol. The molecule has 0 spiro atoms. The summed E-state index contributed by atoms with van der Waals surface area (Å²) in [7, 11) is 0. The first kappa shape index (κ1) is 11.5. The molecular weight excluding hydrogens is 178 g/mol. The van der Waals surface area contributed by atoms with Gasteiger partial charge in [0.25, 0.3) is 0 Å². The second-order valence-electron chi connectivity index (χ2n) is 4.23. The van der Waals surface area contributed by atoms with Gasteiger partial charge in [0, 0.05) is 0 Å². The van der Waals surface area contributed by atoms with E-state index in [4.69, 9.17) is 4.74 Å². The quantitative estimate of drug-likeness (QED) is 0.662. The molecular formula is C11H21NO2. The lowest BCUT2D eigenvalue weighted by Gasteiger charge is -2.28. The van der Waals surface area contributed by atoms with Gasteiger partial charge in [-0.05, 0) is 32.7 Å². The standard InChI is InChI=1S/C11H21NO2/c1-4-12-11(3,8-9-6-7-9)10(13)14-5-2/h9,12H,4-8H2,1-3H3. The van der Waals surface area contributed by atoms with Gasteiger partial charge < -0.3 is 10.1 Å². The number of rotatable bonds is 6. The minimum atomic E-state index is -0.466. The Bertz CT molecular complexity index is 201. The number of esters is 1. The summed E-state index contributed by atoms with van der Waals surface area (Å²) in [5, 5.41) is 3.24. The van der Waals surface area contributed by atoms with Crippen LogP contribution in [-0.4, -0.2) is 24.7 Å². The van der Waals surface area contributed by atoms with Crippen molar-refractivity contribution in [2.24, 2.45) is 5.92 Å². The Morgan fingerprint density at radius 3 is 2.57 bits per heavy atom. The summed E-state index contributed by atoms with van der Waals surface area (Å²) in [6, 6.07) is 0. The van der Waals surface area contributed by atoms with Gasteiger partial charge in [-0.15, -0.1) is 0 Å². The van der Waals surface area contributed by atoms with E-state index in [-0.39, 0.29) is 5.97 Å². The molecule has 0 heterocycles. The van der Waals surface area contributed by atoms with Crippen molar-refractivity contribution < 1.29 is 9.53 Å². The molecule has 3 heteroatoms. The lowest BCUT2D eigenvalue weighted by Crippen LogP contribution is -2.50. The van der Waals surface area contributed by atoms with Gasteiger partial charge in [0.1, 0.15) is 5.54 Å². The number of hydrogen-bond donors (Lipinski definition) is 1. The number of ether oxygens (including phenoxy) is 1. The van der Waals surface area contributed by atoms with Crippen LogP contribution < -0.4 is 5.32 Å². The molecule has 1 N–H and O–H groups in total. The molecule has 1 saturated carbocycles. The summed E-state index contributed by atoms with van der Waals surface area (Å²) in [4.78, 5) is 11.7. The van der Waals surface area contributed by atoms with Crippen LogP contribution >= 0.6 is 0 Å². The molecule has 0 radical (unpaired) electrons. The van der Waals surface area contributed by atoms with E-state index < -0.39 is 5.54 Å². The zero-order valence-corrected chi connectivity index (χ0v) is 9.43. The molecule has 1 rings (SSSR count). The van der Waals surface area contributed by atoms with E-state index in [1.807, 2.05) is 20.8 Å². The largest absolute Gasteiger partial charge is 0.465 e. The molecule has 3 nitrogen and oxygen atoms in total. The molecule has 1 aliphatic rings. The summed E-state index contributed by atoms with van der Waals surface area (Å²) < 4.78 is 5.09. The summed E-state index contributed by atoms with van der Waals surface area (Å²) in [6.45, 7) is 7.09. The first-order valence-corrected chi connectivity index (χ1v) is 5.54. The highest BCUT2D eigenvalue weighted by molar-refractivity contribution is 5.80. The molecule has 82 valence electrons. The average Bonchev–Trinajstić information content (AvgIpc) is 2.89. The van der Waals surface area contributed by atoms with Crippen LogP contribution in [0.3, 0.4) is 0 Å². The van der Waals surface area contributed by atoms with Crippen molar-refractivity contribution in [1.82, 2.24) is 5.32 Å². The molecule has 1 unspecified atom stereocenters. The Hall–Kier alpha value is -0.570. The van der Waals surface area contributed by atoms with Gasteiger partial charge >= 0.3 is 5.97 Å². The smallest absolute Gasteiger partial charge is 0.326 e. The summed E-state index contributed by atoms with van der Waals surface area (Å²) in [5.41, 5.74) is -0.466. The third-order valence-electron chi connectivity index (χ3n) is 2.69. The fourth-order valence-corrected chi connectivity index (χ4v) is 1.81. The van der Waals surface area contributed by atoms with Crippen molar-refractivity contribution in [3.05, 3.63) is 0 Å². The lowest BCUT2D eigenvalue weighted by molar-refractivity contribution is -0.151. The van der Waals surface area contributed by atoms with E-state index in [0.29, 0.717) is 6.61 Å². The van der Waals surface area contributed by atoms with Crippen LogP contribution in [0.1, 0.15) is 40.0 Å². The van der Waals surface area contributed by atoms with Crippen molar-refractivity contribution in [2.75, 3.05) is 13.2 Å². The van der Waals surface area contributed by atoms with Crippen molar-refractivity contribution in [3.63, 3.8) is 0 Å². The normalized spacial score (nSPS) is 20.2. The molecule has 1 atom stereocenters. The first-order chi connectivity index (χ1) is 6.62. The van der Waals surface area contributed by atoms with Gasteiger partial charge in [-0.2, -0.15) is 0 Å². The van der Waals surface area contributed by atoms with Gasteiger partial charge in [0.05, 0.1) is 6.61 Å². The predicted octanol–water partition coefficient (Wildman–Crippen LogP) is 1.72. The molecule has 0 aromatic heterocycles. The Morgan fingerprint density at radius 2 is 2.14 bits per heavy atom. The number of likely N-dealkylation sites (N-methyl/N-ethyl adjacent to an activating group) is 1. The zero-order chi connectivity index (χ0) is 10.6. The van der Waals surface area contributed by atoms with Crippen LogP contribution in [0, 0.1) is 5.92 Å². The van der Waals surface area contributed by atoms with E-state index in [0.717, 1.165) is 18.9 Å². The second-order valence-corrected chi connectivity index (χ2v) is 4.23. The van der Waals surface area contributed by atoms with Crippen LogP contribution in [0.2, 0.25) is 0 Å². The fraction of sp³-hybridized carbons (Fsp3) is 0.909. The maximum atomic E-state index is 11.7. The van der Waals surface area contributed by atoms with Crippen molar-refractivity contribution in [1.29, 1.82) is 0 Å². The van der Waals surface area contributed by atoms with Gasteiger partial charge in [-0.3, -0.25) is 4.79 Å². The molecule has 1 fully saturated rings. The third kappa shape index (κ3) is 2.98. The average molecular weight is 199 g/mol. The highest BCUT2D eigenvalue weighted by Gasteiger charge is 2.39. The minimum absolute atomic E-state index is 0.103. The SMILES string of the molecule is CCNC(C)(CC1CC1)C(=O)OCC. The summed E-state index contributed by atoms with van der Waals surface area (Å²) >= 11 is 0. The van der Waals surface area contributed by atoms with Crippen LogP contribution in [-0.2, 0) is 9.53 Å². The Morgan fingerprint density at radius 1 is 1.50 bits per heavy atom. The van der Waals surface area contributed by atoms with E-state index in [1.54, 1.807) is 0 Å². The second kappa shape index (κ2) is 4.78. The van der Waals surface area contributed by atoms with E-state index in [9.17, 15) is 4.79 Å². The maximum absolute atomic E-state index is 11.7. The third-order valence-corrected chi connectivity index (χ3v) is 2.69. The number of nitrogens with one attached hydrogen (secondary N) is 1. The fourth-order valence-electron chi connectivity index (χ4n) is 1.81. The minimum Gasteiger partial charge on any atom is -0.465 e. The molecule has 0 saturated heterocycles. The Balaban J connectivity index is 2.52. The molecule has 0 bridgehead atoms. The van der Waals surface area contributed by atoms with Gasteiger partial charge in [0.2, 0.25) is 0 Å². The van der Waals surface area contributed by atoms with Crippen LogP contribution in [0.15, 0.2) is 0 Å². The number of hydrogen-bond acceptors (Lipinski definition) is 3. The van der Waals surface area contributed by atoms with Crippen LogP contribution in [0.5, 0.6) is 0 Å². The Labute approximate surface area is 86.2 Å². The van der Waals surface area contributed by atoms with Gasteiger partial charge in [-0.1, -0.05) is 19.8 Å². The van der Waals surface area contributed by atoms with Crippen LogP contribution in [0.25, 0.3) is 0 Å². The van der Waals surface area contributed by atoms with Crippen molar-refractivity contribution in [3.8, 4) is 0 Å². The maximum Gasteiger partial charge on any atom is 0.326 e. The molecule has 0 aliphatic heterocycles. The molecule has 1 aliphatic carbocycles. The van der Waals surface area contributed by atoms with Gasteiger partial charge in [-0.25, -0.2) is 0 Å². The van der Waals surface area contributed by atoms with E-state index in [2.05, 4.69) is 5.32 Å². The molecule has 0 aromatic carbocycles. The summed E-state index contributed by atoms with van der Waals surface area (Å²) in [6.07, 6.45) is 3.44. The van der Waals surface area contributed by atoms with E-state index in [1.165, 1.54) is 12.8 Å². The highest BCUT2D eigenvalue weighted by Crippen LogP contribution is 2.37. The molecule has 0 amide bonds. The Kier molecular flexibility index (Phi) is 3.93. The number of carbonyl (C=O) groups is 1. The molecule has 14 heavy (non-hydrogen) atoms. The topological polar surface area (TPSA) is 38.3 Å². The van der Waals surface area contributed by atoms with Crippen LogP contribution in [0.4, 0.5) is 0 Å². The van der Waals surface area contributed by atoms with Crippen molar-refractivity contribution >= 4 is 5.97 Å². The first-order valence-electron chi connectivity index (χ1n) is 5.54. The zero-order valence-electron chi connectivity index (χ0n) is 9.43. The highest BCUT2D eigenvalue weighted by atomic mass is 16.5. The van der Waals surface area contributed by atoms with Gasteiger partial charge in [0.15, 0.2) is 0 Å². The van der Waals surface area contributed by atoms with E-state index >= 15 is 0 Å². The van der Waals surface area contributed by atoms with Crippen molar-refractivity contribution in [2.45, 2.75) is 45.6 Å². The lowest BCUT2D eigenvalue weighted by atomic mass is 9.95. The summed E-state index contributed by atoms with van der Waals surface area (Å²) in [5.74, 6) is 0.622. The number of carbonyl (C=O) groups excluding carboxylic acids is 1.